The van der Waals surface area contributed by atoms with Crippen molar-refractivity contribution in [1.29, 1.82) is 0 Å². The molecule has 0 radical (unpaired) electrons. The molecule has 0 atom stereocenters. The molecule has 5 nitrogen and oxygen atoms in total. The van der Waals surface area contributed by atoms with Crippen molar-refractivity contribution < 1.29 is 19.0 Å². The minimum absolute atomic E-state index is 0.0686. The maximum absolute atomic E-state index is 13.0. The lowest BCUT2D eigenvalue weighted by atomic mass is 10.2. The molecule has 0 bridgehead atoms. The van der Waals surface area contributed by atoms with Gasteiger partial charge in [-0.25, -0.2) is 0 Å². The van der Waals surface area contributed by atoms with Crippen LogP contribution >= 0.6 is 11.3 Å². The van der Waals surface area contributed by atoms with Crippen molar-refractivity contribution in [3.63, 3.8) is 0 Å². The zero-order chi connectivity index (χ0) is 19.8. The van der Waals surface area contributed by atoms with Crippen LogP contribution < -0.4 is 14.2 Å². The second-order valence-electron chi connectivity index (χ2n) is 6.08. The second kappa shape index (κ2) is 9.80. The lowest BCUT2D eigenvalue weighted by molar-refractivity contribution is -0.134. The maximum atomic E-state index is 13.0. The number of carbonyl (C=O) groups is 1. The fraction of sp³-hybridized carbons (Fsp3) is 0.227. The van der Waals surface area contributed by atoms with E-state index >= 15 is 0 Å². The summed E-state index contributed by atoms with van der Waals surface area (Å²) < 4.78 is 16.5. The molecule has 0 saturated heterocycles. The summed E-state index contributed by atoms with van der Waals surface area (Å²) in [6.07, 6.45) is 0. The van der Waals surface area contributed by atoms with Gasteiger partial charge in [0, 0.05) is 17.0 Å². The van der Waals surface area contributed by atoms with Crippen molar-refractivity contribution in [3.8, 4) is 17.2 Å². The highest BCUT2D eigenvalue weighted by atomic mass is 32.1. The predicted octanol–water partition coefficient (Wildman–Crippen LogP) is 4.37. The molecule has 0 unspecified atom stereocenters. The minimum Gasteiger partial charge on any atom is -0.496 e. The molecule has 2 aromatic carbocycles. The van der Waals surface area contributed by atoms with E-state index in [2.05, 4.69) is 0 Å². The Hall–Kier alpha value is -2.99. The van der Waals surface area contributed by atoms with Crippen LogP contribution in [-0.2, 0) is 17.9 Å². The number of hydrogen-bond acceptors (Lipinski definition) is 5. The van der Waals surface area contributed by atoms with Gasteiger partial charge in [0.25, 0.3) is 5.91 Å². The van der Waals surface area contributed by atoms with Gasteiger partial charge in [-0.15, -0.1) is 11.3 Å². The van der Waals surface area contributed by atoms with Crippen LogP contribution in [0.25, 0.3) is 0 Å². The van der Waals surface area contributed by atoms with Crippen LogP contribution in [0.1, 0.15) is 10.4 Å². The van der Waals surface area contributed by atoms with Crippen LogP contribution in [-0.4, -0.2) is 31.6 Å². The summed E-state index contributed by atoms with van der Waals surface area (Å²) in [5.74, 6) is 1.80. The first-order chi connectivity index (χ1) is 13.7. The lowest BCUT2D eigenvalue weighted by Crippen LogP contribution is -2.34. The van der Waals surface area contributed by atoms with Gasteiger partial charge in [0.2, 0.25) is 0 Å². The normalized spacial score (nSPS) is 10.4. The molecule has 1 heterocycles. The van der Waals surface area contributed by atoms with E-state index in [0.29, 0.717) is 24.6 Å². The van der Waals surface area contributed by atoms with E-state index in [1.807, 2.05) is 53.9 Å². The first-order valence-electron chi connectivity index (χ1n) is 8.89. The number of methoxy groups -OCH3 is 2. The topological polar surface area (TPSA) is 48.0 Å². The van der Waals surface area contributed by atoms with Crippen molar-refractivity contribution in [3.05, 3.63) is 76.5 Å². The number of thiophene rings is 1. The van der Waals surface area contributed by atoms with E-state index in [-0.39, 0.29) is 12.5 Å². The SMILES string of the molecule is COc1ccccc1CN(Cc1cccs1)C(=O)COc1ccccc1OC. The third kappa shape index (κ3) is 5.04. The number of carbonyl (C=O) groups excluding carboxylic acids is 1. The number of amides is 1. The Morgan fingerprint density at radius 2 is 1.54 bits per heavy atom. The third-order valence-electron chi connectivity index (χ3n) is 4.25. The molecule has 0 aliphatic heterocycles. The van der Waals surface area contributed by atoms with Gasteiger partial charge in [-0.1, -0.05) is 36.4 Å². The number of benzene rings is 2. The minimum atomic E-state index is -0.106. The number of rotatable bonds is 9. The van der Waals surface area contributed by atoms with Gasteiger partial charge in [0.15, 0.2) is 18.1 Å². The molecule has 1 aromatic heterocycles. The molecular weight excluding hydrogens is 374 g/mol. The Morgan fingerprint density at radius 1 is 0.857 bits per heavy atom. The lowest BCUT2D eigenvalue weighted by Gasteiger charge is -2.23. The first kappa shape index (κ1) is 19.8. The molecule has 0 aliphatic carbocycles. The smallest absolute Gasteiger partial charge is 0.261 e. The second-order valence-corrected chi connectivity index (χ2v) is 7.11. The largest absolute Gasteiger partial charge is 0.496 e. The van der Waals surface area contributed by atoms with E-state index < -0.39 is 0 Å². The van der Waals surface area contributed by atoms with Gasteiger partial charge in [-0.2, -0.15) is 0 Å². The van der Waals surface area contributed by atoms with Gasteiger partial charge in [0.05, 0.1) is 20.8 Å². The highest BCUT2D eigenvalue weighted by Crippen LogP contribution is 2.26. The van der Waals surface area contributed by atoms with Crippen molar-refractivity contribution in [2.75, 3.05) is 20.8 Å². The highest BCUT2D eigenvalue weighted by molar-refractivity contribution is 7.09. The molecule has 28 heavy (non-hydrogen) atoms. The van der Waals surface area contributed by atoms with Crippen molar-refractivity contribution in [2.45, 2.75) is 13.1 Å². The van der Waals surface area contributed by atoms with Crippen LogP contribution in [0.4, 0.5) is 0 Å². The summed E-state index contributed by atoms with van der Waals surface area (Å²) in [4.78, 5) is 15.9. The molecule has 0 spiro atoms. The molecule has 3 rings (SSSR count). The summed E-state index contributed by atoms with van der Waals surface area (Å²) >= 11 is 1.62. The van der Waals surface area contributed by atoms with Gasteiger partial charge < -0.3 is 19.1 Å². The first-order valence-corrected chi connectivity index (χ1v) is 9.77. The average Bonchev–Trinajstić information content (AvgIpc) is 3.25. The van der Waals surface area contributed by atoms with Crippen LogP contribution in [0.3, 0.4) is 0 Å². The standard InChI is InChI=1S/C22H23NO4S/c1-25-19-10-4-3-8-17(19)14-23(15-18-9-7-13-28-18)22(24)16-27-21-12-6-5-11-20(21)26-2/h3-13H,14-16H2,1-2H3. The van der Waals surface area contributed by atoms with Crippen LogP contribution in [0, 0.1) is 0 Å². The quantitative estimate of drug-likeness (QED) is 0.538. The fourth-order valence-electron chi connectivity index (χ4n) is 2.83. The summed E-state index contributed by atoms with van der Waals surface area (Å²) in [6.45, 7) is 0.890. The summed E-state index contributed by atoms with van der Waals surface area (Å²) in [5, 5.41) is 2.01. The van der Waals surface area contributed by atoms with E-state index in [1.54, 1.807) is 42.6 Å². The van der Waals surface area contributed by atoms with Crippen LogP contribution in [0.15, 0.2) is 66.0 Å². The Morgan fingerprint density at radius 3 is 2.21 bits per heavy atom. The maximum Gasteiger partial charge on any atom is 0.261 e. The Kier molecular flexibility index (Phi) is 6.92. The monoisotopic (exact) mass is 397 g/mol. The molecule has 146 valence electrons. The van der Waals surface area contributed by atoms with E-state index in [9.17, 15) is 4.79 Å². The summed E-state index contributed by atoms with van der Waals surface area (Å²) in [6, 6.07) is 19.0. The third-order valence-corrected chi connectivity index (χ3v) is 5.11. The zero-order valence-electron chi connectivity index (χ0n) is 16.0. The molecule has 0 fully saturated rings. The highest BCUT2D eigenvalue weighted by Gasteiger charge is 2.18. The van der Waals surface area contributed by atoms with Gasteiger partial charge in [-0.05, 0) is 29.6 Å². The average molecular weight is 397 g/mol. The van der Waals surface area contributed by atoms with E-state index in [1.165, 1.54) is 0 Å². The molecule has 0 aliphatic rings. The van der Waals surface area contributed by atoms with Gasteiger partial charge >= 0.3 is 0 Å². The summed E-state index contributed by atoms with van der Waals surface area (Å²) in [7, 11) is 3.21. The summed E-state index contributed by atoms with van der Waals surface area (Å²) in [5.41, 5.74) is 0.951. The Balaban J connectivity index is 1.74. The predicted molar refractivity (Wildman–Crippen MR) is 110 cm³/mol. The molecule has 3 aromatic rings. The number of hydrogen-bond donors (Lipinski definition) is 0. The van der Waals surface area contributed by atoms with Crippen LogP contribution in [0.2, 0.25) is 0 Å². The fourth-order valence-corrected chi connectivity index (χ4v) is 3.55. The molecule has 1 amide bonds. The van der Waals surface area contributed by atoms with Crippen molar-refractivity contribution in [2.24, 2.45) is 0 Å². The number of para-hydroxylation sites is 3. The number of nitrogens with zero attached hydrogens (tertiary/aromatic N) is 1. The molecule has 0 N–H and O–H groups in total. The molecule has 0 saturated carbocycles. The molecule has 6 heteroatoms. The van der Waals surface area contributed by atoms with Gasteiger partial charge in [0.1, 0.15) is 5.75 Å². The zero-order valence-corrected chi connectivity index (χ0v) is 16.8. The van der Waals surface area contributed by atoms with Gasteiger partial charge in [-0.3, -0.25) is 4.79 Å². The van der Waals surface area contributed by atoms with Crippen molar-refractivity contribution in [1.82, 2.24) is 4.90 Å². The number of ether oxygens (including phenoxy) is 3. The Labute approximate surface area is 169 Å². The van der Waals surface area contributed by atoms with Crippen LogP contribution in [0.5, 0.6) is 17.2 Å². The van der Waals surface area contributed by atoms with Crippen molar-refractivity contribution >= 4 is 17.2 Å². The van der Waals surface area contributed by atoms with E-state index in [0.717, 1.165) is 16.2 Å². The Bertz CT molecular complexity index is 895. The van der Waals surface area contributed by atoms with E-state index in [4.69, 9.17) is 14.2 Å². The molecular formula is C22H23NO4S.